The number of thiazole rings is 1. The fourth-order valence-corrected chi connectivity index (χ4v) is 4.76. The number of hydrogen-bond acceptors (Lipinski definition) is 8. The molecule has 0 atom stereocenters. The van der Waals surface area contributed by atoms with Gasteiger partial charge in [-0.3, -0.25) is 24.9 Å². The molecule has 0 unspecified atom stereocenters. The first-order chi connectivity index (χ1) is 16.2. The molecule has 3 N–H and O–H groups in total. The molecule has 1 aromatic heterocycles. The number of nitro benzene ring substituents is 1. The van der Waals surface area contributed by atoms with Gasteiger partial charge in [-0.25, -0.2) is 13.4 Å². The highest BCUT2D eigenvalue weighted by Crippen LogP contribution is 2.29. The van der Waals surface area contributed by atoms with Crippen molar-refractivity contribution in [3.8, 4) is 17.0 Å². The van der Waals surface area contributed by atoms with Gasteiger partial charge in [0.1, 0.15) is 0 Å². The largest absolute Gasteiger partial charge is 0.502 e. The van der Waals surface area contributed by atoms with Crippen LogP contribution in [0, 0.1) is 10.1 Å². The van der Waals surface area contributed by atoms with Crippen molar-refractivity contribution >= 4 is 43.8 Å². The Hall–Kier alpha value is -4.29. The van der Waals surface area contributed by atoms with Crippen molar-refractivity contribution in [2.24, 2.45) is 0 Å². The molecule has 4 aromatic rings. The molecule has 10 nitrogen and oxygen atoms in total. The number of nitrogens with zero attached hydrogens (tertiary/aromatic N) is 2. The second kappa shape index (κ2) is 9.29. The Morgan fingerprint density at radius 3 is 2.41 bits per heavy atom. The molecule has 34 heavy (non-hydrogen) atoms. The van der Waals surface area contributed by atoms with E-state index in [0.717, 1.165) is 29.5 Å². The van der Waals surface area contributed by atoms with Gasteiger partial charge in [-0.2, -0.15) is 0 Å². The van der Waals surface area contributed by atoms with E-state index in [-0.39, 0.29) is 11.3 Å². The van der Waals surface area contributed by atoms with Crippen molar-refractivity contribution in [3.63, 3.8) is 0 Å². The summed E-state index contributed by atoms with van der Waals surface area (Å²) in [6.45, 7) is 0. The normalized spacial score (nSPS) is 11.1. The Morgan fingerprint density at radius 2 is 1.74 bits per heavy atom. The summed E-state index contributed by atoms with van der Waals surface area (Å²) in [5, 5.41) is 25.4. The zero-order valence-corrected chi connectivity index (χ0v) is 18.8. The van der Waals surface area contributed by atoms with Crippen LogP contribution in [0.1, 0.15) is 10.4 Å². The van der Waals surface area contributed by atoms with E-state index in [1.807, 2.05) is 35.7 Å². The minimum Gasteiger partial charge on any atom is -0.502 e. The van der Waals surface area contributed by atoms with E-state index in [4.69, 9.17) is 0 Å². The summed E-state index contributed by atoms with van der Waals surface area (Å²) < 4.78 is 27.4. The quantitative estimate of drug-likeness (QED) is 0.252. The van der Waals surface area contributed by atoms with Crippen molar-refractivity contribution in [1.82, 2.24) is 4.98 Å². The number of aromatic hydroxyl groups is 1. The van der Waals surface area contributed by atoms with Gasteiger partial charge in [-0.05, 0) is 36.4 Å². The molecule has 4 rings (SSSR count). The van der Waals surface area contributed by atoms with Crippen LogP contribution in [0.15, 0.2) is 83.1 Å². The molecule has 1 heterocycles. The molecular weight excluding hydrogens is 480 g/mol. The summed E-state index contributed by atoms with van der Waals surface area (Å²) >= 11 is 1.28. The fraction of sp³-hybridized carbons (Fsp3) is 0. The standard InChI is InChI=1S/C22H16N4O6S2/c27-20-11-10-17(12-19(20)26(29)30)34(31,32)25-16-8-6-15(7-9-16)21(28)24-22-23-18(13-33-22)14-4-2-1-3-5-14/h1-13,25,27H,(H,23,24,28). The molecule has 3 aromatic carbocycles. The summed E-state index contributed by atoms with van der Waals surface area (Å²) in [6.07, 6.45) is 0. The molecular formula is C22H16N4O6S2. The number of anilines is 2. The van der Waals surface area contributed by atoms with Gasteiger partial charge in [-0.1, -0.05) is 30.3 Å². The van der Waals surface area contributed by atoms with E-state index in [1.165, 1.54) is 35.6 Å². The lowest BCUT2D eigenvalue weighted by molar-refractivity contribution is -0.386. The predicted octanol–water partition coefficient (Wildman–Crippen LogP) is 4.48. The molecule has 0 aliphatic carbocycles. The number of carbonyl (C=O) groups is 1. The van der Waals surface area contributed by atoms with Crippen LogP contribution in [0.4, 0.5) is 16.5 Å². The lowest BCUT2D eigenvalue weighted by Gasteiger charge is -2.09. The minimum absolute atomic E-state index is 0.146. The van der Waals surface area contributed by atoms with Crippen LogP contribution in [0.2, 0.25) is 0 Å². The van der Waals surface area contributed by atoms with Gasteiger partial charge in [0.2, 0.25) is 0 Å². The van der Waals surface area contributed by atoms with Crippen molar-refractivity contribution in [2.75, 3.05) is 10.0 Å². The van der Waals surface area contributed by atoms with E-state index in [9.17, 15) is 28.4 Å². The molecule has 0 saturated carbocycles. The van der Waals surface area contributed by atoms with Crippen LogP contribution in [-0.4, -0.2) is 29.3 Å². The van der Waals surface area contributed by atoms with Gasteiger partial charge in [0.25, 0.3) is 15.9 Å². The van der Waals surface area contributed by atoms with Crippen LogP contribution < -0.4 is 10.0 Å². The number of carbonyl (C=O) groups excluding carboxylic acids is 1. The predicted molar refractivity (Wildman–Crippen MR) is 128 cm³/mol. The number of nitro groups is 1. The maximum Gasteiger partial charge on any atom is 0.312 e. The Labute approximate surface area is 197 Å². The van der Waals surface area contributed by atoms with Crippen LogP contribution >= 0.6 is 11.3 Å². The van der Waals surface area contributed by atoms with Crippen LogP contribution in [0.3, 0.4) is 0 Å². The molecule has 0 bridgehead atoms. The number of phenols is 1. The molecule has 0 fully saturated rings. The van der Waals surface area contributed by atoms with Gasteiger partial charge < -0.3 is 5.11 Å². The average molecular weight is 497 g/mol. The summed E-state index contributed by atoms with van der Waals surface area (Å²) in [7, 11) is -4.17. The third-order valence-electron chi connectivity index (χ3n) is 4.65. The highest BCUT2D eigenvalue weighted by molar-refractivity contribution is 7.92. The number of nitrogens with one attached hydrogen (secondary N) is 2. The van der Waals surface area contributed by atoms with E-state index in [1.54, 1.807) is 0 Å². The number of aromatic nitrogens is 1. The molecule has 1 amide bonds. The van der Waals surface area contributed by atoms with Gasteiger partial charge in [0.05, 0.1) is 15.5 Å². The second-order valence-corrected chi connectivity index (χ2v) is 9.49. The first-order valence-electron chi connectivity index (χ1n) is 9.65. The maximum absolute atomic E-state index is 12.6. The average Bonchev–Trinajstić information content (AvgIpc) is 3.28. The zero-order chi connectivity index (χ0) is 24.3. The van der Waals surface area contributed by atoms with Crippen LogP contribution in [-0.2, 0) is 10.0 Å². The molecule has 12 heteroatoms. The SMILES string of the molecule is O=C(Nc1nc(-c2ccccc2)cs1)c1ccc(NS(=O)(=O)c2ccc(O)c([N+](=O)[O-])c2)cc1. The Kier molecular flexibility index (Phi) is 6.25. The molecule has 172 valence electrons. The van der Waals surface area contributed by atoms with Crippen LogP contribution in [0.5, 0.6) is 5.75 Å². The number of phenolic OH excluding ortho intramolecular Hbond substituents is 1. The van der Waals surface area contributed by atoms with E-state index in [0.29, 0.717) is 5.13 Å². The summed E-state index contributed by atoms with van der Waals surface area (Å²) in [4.78, 5) is 26.6. The topological polar surface area (TPSA) is 152 Å². The summed E-state index contributed by atoms with van der Waals surface area (Å²) in [5.74, 6) is -1.06. The Bertz CT molecular complexity index is 1470. The lowest BCUT2D eigenvalue weighted by atomic mass is 10.2. The van der Waals surface area contributed by atoms with Crippen molar-refractivity contribution in [2.45, 2.75) is 4.90 Å². The number of hydrogen-bond donors (Lipinski definition) is 3. The molecule has 0 spiro atoms. The summed E-state index contributed by atoms with van der Waals surface area (Å²) in [6, 6.07) is 17.9. The van der Waals surface area contributed by atoms with E-state index >= 15 is 0 Å². The van der Waals surface area contributed by atoms with Gasteiger partial charge in [-0.15, -0.1) is 11.3 Å². The molecule has 0 aliphatic rings. The fourth-order valence-electron chi connectivity index (χ4n) is 2.96. The third kappa shape index (κ3) is 5.03. The molecule has 0 radical (unpaired) electrons. The maximum atomic E-state index is 12.6. The molecule has 0 saturated heterocycles. The van der Waals surface area contributed by atoms with Crippen LogP contribution in [0.25, 0.3) is 11.3 Å². The second-order valence-electron chi connectivity index (χ2n) is 6.95. The van der Waals surface area contributed by atoms with Gasteiger partial charge in [0.15, 0.2) is 10.9 Å². The monoisotopic (exact) mass is 496 g/mol. The van der Waals surface area contributed by atoms with Crippen molar-refractivity contribution in [3.05, 3.63) is 93.9 Å². The zero-order valence-electron chi connectivity index (χ0n) is 17.2. The Morgan fingerprint density at radius 1 is 1.03 bits per heavy atom. The van der Waals surface area contributed by atoms with Crippen molar-refractivity contribution in [1.29, 1.82) is 0 Å². The van der Waals surface area contributed by atoms with E-state index < -0.39 is 37.2 Å². The smallest absolute Gasteiger partial charge is 0.312 e. The van der Waals surface area contributed by atoms with Crippen molar-refractivity contribution < 1.29 is 23.2 Å². The number of rotatable bonds is 7. The van der Waals surface area contributed by atoms with Gasteiger partial charge >= 0.3 is 5.69 Å². The van der Waals surface area contributed by atoms with Gasteiger partial charge in [0, 0.05) is 28.3 Å². The first kappa shape index (κ1) is 22.9. The third-order valence-corrected chi connectivity index (χ3v) is 6.78. The highest BCUT2D eigenvalue weighted by atomic mass is 32.2. The first-order valence-corrected chi connectivity index (χ1v) is 12.0. The lowest BCUT2D eigenvalue weighted by Crippen LogP contribution is -2.14. The molecule has 0 aliphatic heterocycles. The highest BCUT2D eigenvalue weighted by Gasteiger charge is 2.21. The Balaban J connectivity index is 1.45. The van der Waals surface area contributed by atoms with E-state index in [2.05, 4.69) is 15.0 Å². The number of sulfonamides is 1. The number of benzene rings is 3. The minimum atomic E-state index is -4.17. The number of amides is 1. The summed E-state index contributed by atoms with van der Waals surface area (Å²) in [5.41, 5.74) is 1.36.